The van der Waals surface area contributed by atoms with E-state index in [1.165, 1.54) is 0 Å². The van der Waals surface area contributed by atoms with Crippen LogP contribution in [0.3, 0.4) is 0 Å². The summed E-state index contributed by atoms with van der Waals surface area (Å²) in [4.78, 5) is 12.7. The van der Waals surface area contributed by atoms with Crippen molar-refractivity contribution in [2.75, 3.05) is 5.32 Å². The molecule has 3 aromatic rings. The van der Waals surface area contributed by atoms with Crippen LogP contribution >= 0.6 is 0 Å². The molecule has 1 aliphatic rings. The minimum absolute atomic E-state index is 0.218. The van der Waals surface area contributed by atoms with Crippen molar-refractivity contribution in [1.29, 1.82) is 0 Å². The molecule has 0 saturated heterocycles. The van der Waals surface area contributed by atoms with Crippen LogP contribution in [0.2, 0.25) is 0 Å². The smallest absolute Gasteiger partial charge is 0.276 e. The Morgan fingerprint density at radius 3 is 2.75 bits per heavy atom. The van der Waals surface area contributed by atoms with Gasteiger partial charge in [0.1, 0.15) is 12.4 Å². The second-order valence-corrected chi connectivity index (χ2v) is 5.85. The third kappa shape index (κ3) is 2.25. The van der Waals surface area contributed by atoms with E-state index < -0.39 is 0 Å². The Labute approximate surface area is 139 Å². The minimum atomic E-state index is -0.218. The first-order chi connectivity index (χ1) is 11.6. The monoisotopic (exact) mass is 319 g/mol. The Kier molecular flexibility index (Phi) is 3.34. The number of ether oxygens (including phenoxy) is 1. The molecule has 1 amide bonds. The van der Waals surface area contributed by atoms with Crippen molar-refractivity contribution in [2.45, 2.75) is 13.5 Å². The Morgan fingerprint density at radius 2 is 1.92 bits per heavy atom. The predicted octanol–water partition coefficient (Wildman–Crippen LogP) is 3.54. The van der Waals surface area contributed by atoms with E-state index in [9.17, 15) is 4.79 Å². The molecule has 0 radical (unpaired) electrons. The molecule has 24 heavy (non-hydrogen) atoms. The van der Waals surface area contributed by atoms with Crippen LogP contribution in [0.15, 0.2) is 48.5 Å². The van der Waals surface area contributed by atoms with Gasteiger partial charge in [0.15, 0.2) is 5.69 Å². The van der Waals surface area contributed by atoms with Gasteiger partial charge >= 0.3 is 0 Å². The zero-order valence-corrected chi connectivity index (χ0v) is 13.5. The number of benzene rings is 2. The van der Waals surface area contributed by atoms with Crippen LogP contribution in [0.5, 0.6) is 5.75 Å². The molecule has 0 bridgehead atoms. The number of hydrogen-bond acceptors (Lipinski definition) is 3. The maximum atomic E-state index is 12.7. The fraction of sp³-hybridized carbons (Fsp3) is 0.158. The fourth-order valence-corrected chi connectivity index (χ4v) is 3.06. The quantitative estimate of drug-likeness (QED) is 0.786. The van der Waals surface area contributed by atoms with Crippen LogP contribution in [0.4, 0.5) is 5.69 Å². The van der Waals surface area contributed by atoms with Crippen molar-refractivity contribution in [3.8, 4) is 17.0 Å². The molecule has 0 aliphatic carbocycles. The molecule has 5 nitrogen and oxygen atoms in total. The van der Waals surface area contributed by atoms with Gasteiger partial charge in [0.05, 0.1) is 5.69 Å². The zero-order valence-electron chi connectivity index (χ0n) is 13.5. The number of aromatic nitrogens is 2. The van der Waals surface area contributed by atoms with E-state index in [4.69, 9.17) is 4.74 Å². The molecule has 0 saturated carbocycles. The highest BCUT2D eigenvalue weighted by Gasteiger charge is 2.28. The second kappa shape index (κ2) is 5.53. The van der Waals surface area contributed by atoms with E-state index in [1.54, 1.807) is 4.68 Å². The molecular weight excluding hydrogens is 302 g/mol. The van der Waals surface area contributed by atoms with Crippen molar-refractivity contribution in [2.24, 2.45) is 7.05 Å². The molecule has 0 spiro atoms. The molecule has 2 aromatic carbocycles. The van der Waals surface area contributed by atoms with E-state index in [0.29, 0.717) is 12.3 Å². The highest BCUT2D eigenvalue weighted by Crippen LogP contribution is 2.38. The molecule has 0 fully saturated rings. The summed E-state index contributed by atoms with van der Waals surface area (Å²) in [5.41, 5.74) is 4.93. The van der Waals surface area contributed by atoms with Gasteiger partial charge in [-0.25, -0.2) is 0 Å². The summed E-state index contributed by atoms with van der Waals surface area (Å²) in [5, 5.41) is 7.39. The van der Waals surface area contributed by atoms with Gasteiger partial charge in [-0.2, -0.15) is 5.10 Å². The molecule has 1 aromatic heterocycles. The normalized spacial score (nSPS) is 12.1. The van der Waals surface area contributed by atoms with E-state index in [2.05, 4.69) is 10.4 Å². The summed E-state index contributed by atoms with van der Waals surface area (Å²) in [7, 11) is 1.85. The van der Waals surface area contributed by atoms with Gasteiger partial charge in [-0.05, 0) is 30.7 Å². The highest BCUT2D eigenvalue weighted by molar-refractivity contribution is 6.05. The van der Waals surface area contributed by atoms with Crippen LogP contribution < -0.4 is 10.1 Å². The number of carbonyl (C=O) groups is 1. The number of amides is 1. The third-order valence-electron chi connectivity index (χ3n) is 4.27. The van der Waals surface area contributed by atoms with E-state index in [1.807, 2.05) is 62.5 Å². The number of rotatable bonds is 2. The van der Waals surface area contributed by atoms with Crippen LogP contribution in [0, 0.1) is 6.92 Å². The highest BCUT2D eigenvalue weighted by atomic mass is 16.5. The molecule has 0 unspecified atom stereocenters. The summed E-state index contributed by atoms with van der Waals surface area (Å²) < 4.78 is 7.55. The van der Waals surface area contributed by atoms with Crippen LogP contribution in [0.25, 0.3) is 11.3 Å². The third-order valence-corrected chi connectivity index (χ3v) is 4.27. The molecule has 5 heteroatoms. The van der Waals surface area contributed by atoms with Gasteiger partial charge in [-0.15, -0.1) is 0 Å². The Hall–Kier alpha value is -3.08. The first-order valence-corrected chi connectivity index (χ1v) is 7.80. The molecule has 0 atom stereocenters. The summed E-state index contributed by atoms with van der Waals surface area (Å²) in [5.74, 6) is 0.600. The van der Waals surface area contributed by atoms with Gasteiger partial charge in [0.2, 0.25) is 0 Å². The van der Waals surface area contributed by atoms with E-state index in [-0.39, 0.29) is 5.91 Å². The largest absolute Gasteiger partial charge is 0.488 e. The van der Waals surface area contributed by atoms with E-state index >= 15 is 0 Å². The number of aryl methyl sites for hydroxylation is 2. The maximum absolute atomic E-state index is 12.7. The molecule has 1 aliphatic heterocycles. The zero-order chi connectivity index (χ0) is 16.7. The number of carbonyl (C=O) groups excluding carboxylic acids is 1. The summed E-state index contributed by atoms with van der Waals surface area (Å²) in [6.07, 6.45) is 0. The van der Waals surface area contributed by atoms with E-state index in [0.717, 1.165) is 33.8 Å². The summed E-state index contributed by atoms with van der Waals surface area (Å²) in [6, 6.07) is 15.5. The molecule has 1 N–H and O–H groups in total. The fourth-order valence-electron chi connectivity index (χ4n) is 3.06. The number of anilines is 1. The number of para-hydroxylation sites is 2. The average Bonchev–Trinajstić information content (AvgIpc) is 2.94. The molecule has 2 heterocycles. The first kappa shape index (κ1) is 14.5. The van der Waals surface area contributed by atoms with Crippen molar-refractivity contribution in [3.05, 3.63) is 65.4 Å². The van der Waals surface area contributed by atoms with Gasteiger partial charge < -0.3 is 10.1 Å². The lowest BCUT2D eigenvalue weighted by atomic mass is 10.0. The number of nitrogens with one attached hydrogen (secondary N) is 1. The first-order valence-electron chi connectivity index (χ1n) is 7.80. The lowest BCUT2D eigenvalue weighted by molar-refractivity contribution is 0.101. The second-order valence-electron chi connectivity index (χ2n) is 5.85. The summed E-state index contributed by atoms with van der Waals surface area (Å²) >= 11 is 0. The average molecular weight is 319 g/mol. The van der Waals surface area contributed by atoms with Gasteiger partial charge in [0.25, 0.3) is 5.91 Å². The Balaban J connectivity index is 1.74. The maximum Gasteiger partial charge on any atom is 0.276 e. The van der Waals surface area contributed by atoms with Crippen LogP contribution in [-0.4, -0.2) is 15.7 Å². The standard InChI is InChI=1S/C19H17N3O2/c1-12-7-3-5-9-15(12)20-19(23)17-14-11-24-16-10-6-4-8-13(16)18(14)22(2)21-17/h3-10H,11H2,1-2H3,(H,20,23). The number of hydrogen-bond donors (Lipinski definition) is 1. The topological polar surface area (TPSA) is 56.2 Å². The predicted molar refractivity (Wildman–Crippen MR) is 92.1 cm³/mol. The Morgan fingerprint density at radius 1 is 1.17 bits per heavy atom. The summed E-state index contributed by atoms with van der Waals surface area (Å²) in [6.45, 7) is 2.31. The minimum Gasteiger partial charge on any atom is -0.488 e. The van der Waals surface area contributed by atoms with Crippen LogP contribution in [-0.2, 0) is 13.7 Å². The molecular formula is C19H17N3O2. The van der Waals surface area contributed by atoms with Gasteiger partial charge in [-0.3, -0.25) is 9.48 Å². The number of nitrogens with zero attached hydrogens (tertiary/aromatic N) is 2. The Bertz CT molecular complexity index is 944. The lowest BCUT2D eigenvalue weighted by Gasteiger charge is -2.18. The van der Waals surface area contributed by atoms with Gasteiger partial charge in [0, 0.05) is 23.9 Å². The van der Waals surface area contributed by atoms with Gasteiger partial charge in [-0.1, -0.05) is 30.3 Å². The SMILES string of the molecule is Cc1ccccc1NC(=O)c1nn(C)c2c1COc1ccccc1-2. The van der Waals surface area contributed by atoms with Crippen molar-refractivity contribution < 1.29 is 9.53 Å². The van der Waals surface area contributed by atoms with Crippen molar-refractivity contribution >= 4 is 11.6 Å². The van der Waals surface area contributed by atoms with Crippen molar-refractivity contribution in [1.82, 2.24) is 9.78 Å². The lowest BCUT2D eigenvalue weighted by Crippen LogP contribution is -2.17. The molecule has 4 rings (SSSR count). The van der Waals surface area contributed by atoms with Crippen molar-refractivity contribution in [3.63, 3.8) is 0 Å². The molecule has 120 valence electrons. The number of fused-ring (bicyclic) bond motifs is 3. The van der Waals surface area contributed by atoms with Crippen LogP contribution in [0.1, 0.15) is 21.6 Å².